The molecule has 0 radical (unpaired) electrons. The molecule has 0 aliphatic heterocycles. The highest BCUT2D eigenvalue weighted by atomic mass is 19.2. The number of hydrogen-bond donors (Lipinski definition) is 0. The van der Waals surface area contributed by atoms with E-state index in [4.69, 9.17) is 0 Å². The monoisotopic (exact) mass is 510 g/mol. The molecule has 0 N–H and O–H groups in total. The number of unbranched alkanes of at least 4 members (excludes halogenated alkanes) is 2. The Kier molecular flexibility index (Phi) is 8.23. The van der Waals surface area contributed by atoms with E-state index in [2.05, 4.69) is 11.8 Å². The summed E-state index contributed by atoms with van der Waals surface area (Å²) >= 11 is 0. The molecule has 4 aromatic carbocycles. The van der Waals surface area contributed by atoms with Gasteiger partial charge in [0.2, 0.25) is 0 Å². The van der Waals surface area contributed by atoms with Gasteiger partial charge in [0.25, 0.3) is 0 Å². The molecule has 0 spiro atoms. The van der Waals surface area contributed by atoms with Crippen LogP contribution in [0.2, 0.25) is 0 Å². The first-order chi connectivity index (χ1) is 17.8. The number of halogens is 6. The summed E-state index contributed by atoms with van der Waals surface area (Å²) in [4.78, 5) is 0. The minimum atomic E-state index is -0.979. The number of benzene rings is 4. The minimum Gasteiger partial charge on any atom is -0.207 e. The molecule has 4 aromatic rings. The van der Waals surface area contributed by atoms with Crippen LogP contribution in [0.1, 0.15) is 54.0 Å². The molecule has 0 unspecified atom stereocenters. The normalized spacial score (nSPS) is 11.0. The van der Waals surface area contributed by atoms with E-state index in [0.29, 0.717) is 22.9 Å². The summed E-state index contributed by atoms with van der Waals surface area (Å²) in [5, 5.41) is 0.474. The first-order valence-corrected chi connectivity index (χ1v) is 12.1. The van der Waals surface area contributed by atoms with Crippen LogP contribution in [-0.2, 0) is 19.3 Å². The first kappa shape index (κ1) is 26.3. The Morgan fingerprint density at radius 3 is 1.92 bits per heavy atom. The van der Waals surface area contributed by atoms with E-state index >= 15 is 0 Å². The zero-order valence-corrected chi connectivity index (χ0v) is 20.2. The van der Waals surface area contributed by atoms with Crippen molar-refractivity contribution in [1.82, 2.24) is 0 Å². The molecule has 6 heteroatoms. The fourth-order valence-electron chi connectivity index (χ4n) is 4.25. The smallest absolute Gasteiger partial charge is 0.166 e. The zero-order valence-electron chi connectivity index (χ0n) is 20.2. The van der Waals surface area contributed by atoms with Crippen LogP contribution in [0.5, 0.6) is 0 Å². The van der Waals surface area contributed by atoms with E-state index in [1.165, 1.54) is 36.4 Å². The predicted molar refractivity (Wildman–Crippen MR) is 133 cm³/mol. The van der Waals surface area contributed by atoms with Crippen molar-refractivity contribution in [2.75, 3.05) is 0 Å². The molecule has 0 saturated heterocycles. The first-order valence-electron chi connectivity index (χ1n) is 12.1. The summed E-state index contributed by atoms with van der Waals surface area (Å²) in [5.74, 6) is 0.0173. The minimum absolute atomic E-state index is 0.0391. The van der Waals surface area contributed by atoms with Crippen molar-refractivity contribution in [3.8, 4) is 11.8 Å². The lowest BCUT2D eigenvalue weighted by atomic mass is 9.99. The van der Waals surface area contributed by atoms with Crippen molar-refractivity contribution < 1.29 is 26.3 Å². The lowest BCUT2D eigenvalue weighted by Crippen LogP contribution is -2.03. The third-order valence-corrected chi connectivity index (χ3v) is 6.27. The Morgan fingerprint density at radius 2 is 1.24 bits per heavy atom. The Morgan fingerprint density at radius 1 is 0.595 bits per heavy atom. The topological polar surface area (TPSA) is 0 Å². The Labute approximate surface area is 212 Å². The van der Waals surface area contributed by atoms with E-state index in [0.717, 1.165) is 37.5 Å². The summed E-state index contributed by atoms with van der Waals surface area (Å²) in [6.07, 6.45) is 3.42. The van der Waals surface area contributed by atoms with Crippen molar-refractivity contribution in [3.63, 3.8) is 0 Å². The number of aryl methyl sites for hydroxylation is 2. The van der Waals surface area contributed by atoms with Crippen LogP contribution < -0.4 is 0 Å². The van der Waals surface area contributed by atoms with Gasteiger partial charge in [-0.2, -0.15) is 0 Å². The summed E-state index contributed by atoms with van der Waals surface area (Å²) in [7, 11) is 0. The maximum atomic E-state index is 14.7. The maximum Gasteiger partial charge on any atom is 0.166 e. The van der Waals surface area contributed by atoms with Crippen LogP contribution >= 0.6 is 0 Å². The average Bonchev–Trinajstić information content (AvgIpc) is 2.85. The molecule has 0 atom stereocenters. The third kappa shape index (κ3) is 6.17. The summed E-state index contributed by atoms with van der Waals surface area (Å²) in [6.45, 7) is 2.05. The van der Waals surface area contributed by atoms with Crippen molar-refractivity contribution in [2.45, 2.75) is 45.4 Å². The van der Waals surface area contributed by atoms with E-state index < -0.39 is 40.5 Å². The Hall–Kier alpha value is -3.72. The van der Waals surface area contributed by atoms with Crippen LogP contribution in [0.4, 0.5) is 26.3 Å². The van der Waals surface area contributed by atoms with Gasteiger partial charge in [-0.15, -0.1) is 0 Å². The van der Waals surface area contributed by atoms with Gasteiger partial charge in [0, 0.05) is 16.5 Å². The molecule has 0 heterocycles. The molecule has 0 aromatic heterocycles. The second-order valence-corrected chi connectivity index (χ2v) is 8.98. The molecular weight excluding hydrogens is 486 g/mol. The Bertz CT molecular complexity index is 1460. The van der Waals surface area contributed by atoms with E-state index in [9.17, 15) is 26.3 Å². The molecule has 0 fully saturated rings. The largest absolute Gasteiger partial charge is 0.207 e. The quantitative estimate of drug-likeness (QED) is 0.133. The number of hydrogen-bond acceptors (Lipinski definition) is 0. The summed E-state index contributed by atoms with van der Waals surface area (Å²) < 4.78 is 85.6. The van der Waals surface area contributed by atoms with Crippen LogP contribution in [-0.4, -0.2) is 0 Å². The third-order valence-electron chi connectivity index (χ3n) is 6.27. The molecule has 4 rings (SSSR count). The van der Waals surface area contributed by atoms with Crippen LogP contribution in [0, 0.1) is 46.7 Å². The van der Waals surface area contributed by atoms with Crippen LogP contribution in [0.15, 0.2) is 54.6 Å². The number of fused-ring (bicyclic) bond motifs is 1. The molecule has 0 nitrogen and oxygen atoms in total. The summed E-state index contributed by atoms with van der Waals surface area (Å²) in [6, 6.07) is 11.5. The number of rotatable bonds is 7. The highest BCUT2D eigenvalue weighted by Crippen LogP contribution is 2.23. The van der Waals surface area contributed by atoms with Gasteiger partial charge in [-0.1, -0.05) is 43.7 Å². The van der Waals surface area contributed by atoms with Crippen molar-refractivity contribution in [2.24, 2.45) is 0 Å². The fraction of sp³-hybridized carbons (Fsp3) is 0.226. The van der Waals surface area contributed by atoms with Crippen molar-refractivity contribution >= 4 is 10.8 Å². The van der Waals surface area contributed by atoms with Crippen LogP contribution in [0.25, 0.3) is 10.8 Å². The molecular formula is C31H24F6. The van der Waals surface area contributed by atoms with Gasteiger partial charge in [-0.25, -0.2) is 26.3 Å². The second kappa shape index (κ2) is 11.6. The van der Waals surface area contributed by atoms with Crippen LogP contribution in [0.3, 0.4) is 0 Å². The van der Waals surface area contributed by atoms with Gasteiger partial charge < -0.3 is 0 Å². The second-order valence-electron chi connectivity index (χ2n) is 8.98. The molecule has 0 saturated carbocycles. The molecule has 0 aliphatic rings. The van der Waals surface area contributed by atoms with Gasteiger partial charge in [0.1, 0.15) is 23.3 Å². The average molecular weight is 511 g/mol. The predicted octanol–water partition coefficient (Wildman–Crippen LogP) is 8.59. The van der Waals surface area contributed by atoms with Crippen molar-refractivity contribution in [1.29, 1.82) is 0 Å². The molecule has 37 heavy (non-hydrogen) atoms. The lowest BCUT2D eigenvalue weighted by molar-refractivity contribution is 0.517. The summed E-state index contributed by atoms with van der Waals surface area (Å²) in [5.41, 5.74) is 0.635. The van der Waals surface area contributed by atoms with Gasteiger partial charge in [-0.3, -0.25) is 0 Å². The standard InChI is InChI=1S/C31H24F6/c1-2-3-4-5-20-15-27(33)25(28(34)16-20)12-8-21-17-29(35)24(30(36)18-21)11-7-19-6-10-23-22(14-19)9-13-26(32)31(23)37/h6,9-10,13-18H,2-5,8,12H2,1H3. The van der Waals surface area contributed by atoms with E-state index in [1.54, 1.807) is 0 Å². The zero-order chi connectivity index (χ0) is 26.5. The highest BCUT2D eigenvalue weighted by molar-refractivity contribution is 5.84. The van der Waals surface area contributed by atoms with Crippen molar-refractivity contribution in [3.05, 3.63) is 117 Å². The maximum absolute atomic E-state index is 14.7. The van der Waals surface area contributed by atoms with E-state index in [-0.39, 0.29) is 29.4 Å². The SMILES string of the molecule is CCCCCc1cc(F)c(CCc2cc(F)c(C#Cc3ccc4c(F)c(F)ccc4c3)c(F)c2)c(F)c1. The highest BCUT2D eigenvalue weighted by Gasteiger charge is 2.14. The van der Waals surface area contributed by atoms with E-state index in [1.807, 2.05) is 6.92 Å². The van der Waals surface area contributed by atoms with Gasteiger partial charge in [-0.05, 0) is 84.7 Å². The van der Waals surface area contributed by atoms with Gasteiger partial charge in [0.05, 0.1) is 5.56 Å². The molecule has 0 amide bonds. The lowest BCUT2D eigenvalue weighted by Gasteiger charge is -2.09. The van der Waals surface area contributed by atoms with Gasteiger partial charge in [0.15, 0.2) is 11.6 Å². The Balaban J connectivity index is 1.49. The molecule has 0 aliphatic carbocycles. The fourth-order valence-corrected chi connectivity index (χ4v) is 4.25. The van der Waals surface area contributed by atoms with Gasteiger partial charge >= 0.3 is 0 Å². The molecule has 190 valence electrons. The molecule has 0 bridgehead atoms.